The highest BCUT2D eigenvalue weighted by molar-refractivity contribution is 6.32. The van der Waals surface area contributed by atoms with E-state index in [1.165, 1.54) is 12.1 Å². The zero-order chi connectivity index (χ0) is 16.2. The van der Waals surface area contributed by atoms with E-state index in [1.807, 2.05) is 7.05 Å². The molecule has 1 amide bonds. The van der Waals surface area contributed by atoms with Crippen LogP contribution in [0.25, 0.3) is 0 Å². The van der Waals surface area contributed by atoms with E-state index < -0.39 is 18.4 Å². The van der Waals surface area contributed by atoms with E-state index in [0.717, 1.165) is 13.1 Å². The van der Waals surface area contributed by atoms with Crippen LogP contribution >= 0.6 is 11.6 Å². The van der Waals surface area contributed by atoms with E-state index >= 15 is 0 Å². The first-order valence-electron chi connectivity index (χ1n) is 7.13. The normalized spacial score (nSPS) is 17.3. The zero-order valence-electron chi connectivity index (χ0n) is 12.3. The molecular weight excluding hydrogens is 314 g/mol. The Morgan fingerprint density at radius 2 is 2.05 bits per heavy atom. The minimum atomic E-state index is -3.59. The molecule has 1 aliphatic heterocycles. The van der Waals surface area contributed by atoms with Crippen molar-refractivity contribution in [3.63, 3.8) is 0 Å². The lowest BCUT2D eigenvalue weighted by molar-refractivity contribution is -0.150. The molecule has 1 N–H and O–H groups in total. The van der Waals surface area contributed by atoms with Crippen molar-refractivity contribution >= 4 is 17.5 Å². The van der Waals surface area contributed by atoms with E-state index in [4.69, 9.17) is 16.3 Å². The Labute approximate surface area is 133 Å². The average molecular weight is 333 g/mol. The number of piperidine rings is 1. The van der Waals surface area contributed by atoms with E-state index in [-0.39, 0.29) is 16.8 Å². The van der Waals surface area contributed by atoms with Gasteiger partial charge < -0.3 is 15.0 Å². The first-order valence-corrected chi connectivity index (χ1v) is 7.51. The second kappa shape index (κ2) is 7.24. The van der Waals surface area contributed by atoms with Gasteiger partial charge in [-0.1, -0.05) is 23.7 Å². The number of carbonyl (C=O) groups excluding carboxylic acids is 1. The van der Waals surface area contributed by atoms with Gasteiger partial charge in [0.25, 0.3) is 5.91 Å². The van der Waals surface area contributed by atoms with Crippen LogP contribution < -0.4 is 10.1 Å². The third-order valence-electron chi connectivity index (χ3n) is 3.63. The molecule has 4 nitrogen and oxygen atoms in total. The SMILES string of the molecule is CN1CCC(NC(=O)C(F)(F)COc2ccccc2Cl)CC1. The van der Waals surface area contributed by atoms with Crippen LogP contribution in [-0.2, 0) is 4.79 Å². The number of alkyl halides is 2. The quantitative estimate of drug-likeness (QED) is 0.901. The number of rotatable bonds is 5. The number of ether oxygens (including phenoxy) is 1. The van der Waals surface area contributed by atoms with Crippen molar-refractivity contribution in [1.82, 2.24) is 10.2 Å². The fourth-order valence-corrected chi connectivity index (χ4v) is 2.43. The Morgan fingerprint density at radius 1 is 1.41 bits per heavy atom. The van der Waals surface area contributed by atoms with Crippen molar-refractivity contribution in [3.05, 3.63) is 29.3 Å². The number of nitrogens with zero attached hydrogens (tertiary/aromatic N) is 1. The summed E-state index contributed by atoms with van der Waals surface area (Å²) < 4.78 is 32.7. The highest BCUT2D eigenvalue weighted by Gasteiger charge is 2.41. The first kappa shape index (κ1) is 17.0. The van der Waals surface area contributed by atoms with Crippen LogP contribution in [0.3, 0.4) is 0 Å². The van der Waals surface area contributed by atoms with Gasteiger partial charge in [0.05, 0.1) is 5.02 Å². The number of likely N-dealkylation sites (tertiary alicyclic amines) is 1. The zero-order valence-corrected chi connectivity index (χ0v) is 13.1. The Morgan fingerprint density at radius 3 is 2.68 bits per heavy atom. The van der Waals surface area contributed by atoms with Gasteiger partial charge in [0.1, 0.15) is 5.75 Å². The molecule has 0 aliphatic carbocycles. The molecular formula is C15H19ClF2N2O2. The number of halogens is 3. The maximum atomic E-state index is 13.9. The lowest BCUT2D eigenvalue weighted by Gasteiger charge is -2.30. The molecule has 1 saturated heterocycles. The monoisotopic (exact) mass is 332 g/mol. The van der Waals surface area contributed by atoms with Gasteiger partial charge in [-0.3, -0.25) is 4.79 Å². The van der Waals surface area contributed by atoms with Crippen LogP contribution in [0.1, 0.15) is 12.8 Å². The Hall–Kier alpha value is -1.40. The summed E-state index contributed by atoms with van der Waals surface area (Å²) in [5.74, 6) is -4.76. The van der Waals surface area contributed by atoms with E-state index in [2.05, 4.69) is 10.2 Å². The summed E-state index contributed by atoms with van der Waals surface area (Å²) in [6, 6.07) is 6.09. The smallest absolute Gasteiger partial charge is 0.357 e. The van der Waals surface area contributed by atoms with Gasteiger partial charge in [-0.05, 0) is 45.1 Å². The molecule has 1 aromatic rings. The van der Waals surface area contributed by atoms with Crippen molar-refractivity contribution in [2.75, 3.05) is 26.7 Å². The van der Waals surface area contributed by atoms with Crippen LogP contribution in [0.15, 0.2) is 24.3 Å². The van der Waals surface area contributed by atoms with E-state index in [1.54, 1.807) is 12.1 Å². The molecule has 1 fully saturated rings. The summed E-state index contributed by atoms with van der Waals surface area (Å²) >= 11 is 5.83. The molecule has 122 valence electrons. The summed E-state index contributed by atoms with van der Waals surface area (Å²) in [7, 11) is 1.96. The minimum absolute atomic E-state index is 0.135. The average Bonchev–Trinajstić information content (AvgIpc) is 2.49. The molecule has 0 spiro atoms. The van der Waals surface area contributed by atoms with Crippen LogP contribution in [-0.4, -0.2) is 49.5 Å². The topological polar surface area (TPSA) is 41.6 Å². The summed E-state index contributed by atoms with van der Waals surface area (Å²) in [6.45, 7) is 0.536. The fourth-order valence-electron chi connectivity index (χ4n) is 2.24. The number of carbonyl (C=O) groups is 1. The van der Waals surface area contributed by atoms with Crippen LogP contribution in [0.4, 0.5) is 8.78 Å². The number of benzene rings is 1. The molecule has 1 aromatic carbocycles. The molecule has 0 aromatic heterocycles. The molecule has 0 saturated carbocycles. The second-order valence-corrected chi connectivity index (χ2v) is 5.88. The highest BCUT2D eigenvalue weighted by atomic mass is 35.5. The minimum Gasteiger partial charge on any atom is -0.485 e. The number of hydrogen-bond acceptors (Lipinski definition) is 3. The molecule has 0 unspecified atom stereocenters. The van der Waals surface area contributed by atoms with Crippen LogP contribution in [0, 0.1) is 0 Å². The summed E-state index contributed by atoms with van der Waals surface area (Å²) in [4.78, 5) is 13.8. The van der Waals surface area contributed by atoms with Crippen molar-refractivity contribution in [2.45, 2.75) is 24.8 Å². The van der Waals surface area contributed by atoms with Crippen LogP contribution in [0.5, 0.6) is 5.75 Å². The molecule has 22 heavy (non-hydrogen) atoms. The van der Waals surface area contributed by atoms with Gasteiger partial charge in [-0.2, -0.15) is 8.78 Å². The number of hydrogen-bond donors (Lipinski definition) is 1. The Balaban J connectivity index is 1.86. The van der Waals surface area contributed by atoms with Gasteiger partial charge in [0.2, 0.25) is 0 Å². The lowest BCUT2D eigenvalue weighted by Crippen LogP contribution is -2.51. The van der Waals surface area contributed by atoms with E-state index in [9.17, 15) is 13.6 Å². The molecule has 7 heteroatoms. The maximum absolute atomic E-state index is 13.9. The number of amides is 1. The summed E-state index contributed by atoms with van der Waals surface area (Å²) in [5.41, 5.74) is 0. The van der Waals surface area contributed by atoms with E-state index in [0.29, 0.717) is 12.8 Å². The third-order valence-corrected chi connectivity index (χ3v) is 3.94. The van der Waals surface area contributed by atoms with Crippen molar-refractivity contribution in [3.8, 4) is 5.75 Å². The van der Waals surface area contributed by atoms with Gasteiger partial charge in [0, 0.05) is 6.04 Å². The van der Waals surface area contributed by atoms with Gasteiger partial charge in [0.15, 0.2) is 6.61 Å². The molecule has 0 radical (unpaired) electrons. The standard InChI is InChI=1S/C15H19ClF2N2O2/c1-20-8-6-11(7-9-20)19-14(21)15(17,18)10-22-13-5-3-2-4-12(13)16/h2-5,11H,6-10H2,1H3,(H,19,21). The predicted octanol–water partition coefficient (Wildman–Crippen LogP) is 2.56. The summed E-state index contributed by atoms with van der Waals surface area (Å²) in [6.07, 6.45) is 1.34. The molecule has 0 bridgehead atoms. The largest absolute Gasteiger partial charge is 0.485 e. The van der Waals surface area contributed by atoms with Crippen molar-refractivity contribution < 1.29 is 18.3 Å². The lowest BCUT2D eigenvalue weighted by atomic mass is 10.1. The summed E-state index contributed by atoms with van der Waals surface area (Å²) in [5, 5.41) is 2.63. The molecule has 0 atom stereocenters. The molecule has 1 heterocycles. The fraction of sp³-hybridized carbons (Fsp3) is 0.533. The molecule has 1 aliphatic rings. The molecule has 2 rings (SSSR count). The maximum Gasteiger partial charge on any atom is 0.357 e. The van der Waals surface area contributed by atoms with Gasteiger partial charge >= 0.3 is 5.92 Å². The van der Waals surface area contributed by atoms with Crippen molar-refractivity contribution in [2.24, 2.45) is 0 Å². The van der Waals surface area contributed by atoms with Gasteiger partial charge in [-0.25, -0.2) is 0 Å². The van der Waals surface area contributed by atoms with Crippen molar-refractivity contribution in [1.29, 1.82) is 0 Å². The Bertz CT molecular complexity index is 520. The number of para-hydroxylation sites is 1. The van der Waals surface area contributed by atoms with Gasteiger partial charge in [-0.15, -0.1) is 0 Å². The first-order chi connectivity index (χ1) is 10.4. The Kier molecular flexibility index (Phi) is 5.58. The highest BCUT2D eigenvalue weighted by Crippen LogP contribution is 2.25. The van der Waals surface area contributed by atoms with Crippen LogP contribution in [0.2, 0.25) is 5.02 Å². The second-order valence-electron chi connectivity index (χ2n) is 5.47. The third kappa shape index (κ3) is 4.55. The predicted molar refractivity (Wildman–Crippen MR) is 80.6 cm³/mol. The number of nitrogens with one attached hydrogen (secondary N) is 1.